The zero-order valence-corrected chi connectivity index (χ0v) is 55.0. The molecule has 0 aliphatic carbocycles. The topological polar surface area (TPSA) is 259 Å². The van der Waals surface area contributed by atoms with E-state index in [1.54, 1.807) is 0 Å². The highest BCUT2D eigenvalue weighted by molar-refractivity contribution is 5.91. The van der Waals surface area contributed by atoms with Gasteiger partial charge in [0.1, 0.15) is 25.9 Å². The molecule has 0 saturated carbocycles. The molecule has 1 rings (SSSR count). The largest absolute Gasteiger partial charge is 0.464 e. The molecule has 1 aliphatic heterocycles. The van der Waals surface area contributed by atoms with Crippen molar-refractivity contribution in [2.45, 2.75) is 302 Å². The number of carbonyl (C=O) groups excluding carboxylic acids is 8. The first kappa shape index (κ1) is 80.4. The second-order valence-corrected chi connectivity index (χ2v) is 24.2. The SMILES string of the molecule is C=C(NC(CO)C(=O)NCC(=O)NC(CO)C(=O)OCCCCCCC)[C@@H]1CCCN1C(=O)CNC(=O)CCC(=O)COC(=O)COCC(=O)N(CCCCCCCCCCCCCCCCCC)CCCCCCCCCCCCCCCCCC. The quantitative estimate of drug-likeness (QED) is 0.0245. The fraction of sp³-hybridized carbons (Fsp3) is 0.853. The van der Waals surface area contributed by atoms with Crippen molar-refractivity contribution in [1.29, 1.82) is 0 Å². The van der Waals surface area contributed by atoms with Crippen LogP contribution in [-0.2, 0) is 52.6 Å². The van der Waals surface area contributed by atoms with E-state index in [0.29, 0.717) is 38.9 Å². The van der Waals surface area contributed by atoms with Crippen LogP contribution in [0.4, 0.5) is 0 Å². The minimum Gasteiger partial charge on any atom is -0.464 e. The lowest BCUT2D eigenvalue weighted by molar-refractivity contribution is -0.154. The first-order valence-corrected chi connectivity index (χ1v) is 34.8. The molecule has 0 radical (unpaired) electrons. The molecule has 0 aromatic rings. The van der Waals surface area contributed by atoms with Crippen molar-refractivity contribution in [2.24, 2.45) is 0 Å². The summed E-state index contributed by atoms with van der Waals surface area (Å²) in [6, 6.07) is -3.14. The van der Waals surface area contributed by atoms with E-state index in [2.05, 4.69) is 48.6 Å². The number of rotatable bonds is 61. The van der Waals surface area contributed by atoms with E-state index in [-0.39, 0.29) is 44.2 Å². The van der Waals surface area contributed by atoms with Crippen molar-refractivity contribution in [3.8, 4) is 0 Å². The van der Waals surface area contributed by atoms with Crippen molar-refractivity contribution in [3.05, 3.63) is 12.3 Å². The van der Waals surface area contributed by atoms with Gasteiger partial charge in [0, 0.05) is 38.2 Å². The number of ketones is 1. The zero-order chi connectivity index (χ0) is 63.8. The fourth-order valence-corrected chi connectivity index (χ4v) is 10.9. The number of carbonyl (C=O) groups is 8. The molecule has 504 valence electrons. The minimum absolute atomic E-state index is 0.157. The summed E-state index contributed by atoms with van der Waals surface area (Å²) < 4.78 is 15.8. The molecule has 3 atom stereocenters. The van der Waals surface area contributed by atoms with Crippen LogP contribution in [0.25, 0.3) is 0 Å². The summed E-state index contributed by atoms with van der Waals surface area (Å²) in [5, 5.41) is 29.7. The number of nitrogens with one attached hydrogen (secondary N) is 4. The Labute approximate surface area is 525 Å². The lowest BCUT2D eigenvalue weighted by atomic mass is 10.0. The highest BCUT2D eigenvalue weighted by Gasteiger charge is 2.33. The molecule has 19 nitrogen and oxygen atoms in total. The first-order valence-electron chi connectivity index (χ1n) is 34.8. The fourth-order valence-electron chi connectivity index (χ4n) is 10.9. The third-order valence-corrected chi connectivity index (χ3v) is 16.4. The summed E-state index contributed by atoms with van der Waals surface area (Å²) in [5.74, 6) is -4.79. The number of nitrogens with zero attached hydrogens (tertiary/aromatic N) is 2. The Hall–Kier alpha value is -4.62. The molecule has 0 aromatic heterocycles. The third-order valence-electron chi connectivity index (χ3n) is 16.4. The summed E-state index contributed by atoms with van der Waals surface area (Å²) in [7, 11) is 0. The summed E-state index contributed by atoms with van der Waals surface area (Å²) in [6.07, 6.45) is 46.3. The molecule has 0 aromatic carbocycles. The summed E-state index contributed by atoms with van der Waals surface area (Å²) >= 11 is 0. The van der Waals surface area contributed by atoms with E-state index in [4.69, 9.17) is 14.2 Å². The van der Waals surface area contributed by atoms with Crippen molar-refractivity contribution < 1.29 is 62.8 Å². The number of aliphatic hydroxyl groups is 2. The van der Waals surface area contributed by atoms with Crippen LogP contribution >= 0.6 is 0 Å². The van der Waals surface area contributed by atoms with E-state index < -0.39 is 92.4 Å². The van der Waals surface area contributed by atoms with Gasteiger partial charge in [-0.15, -0.1) is 0 Å². The molecule has 1 saturated heterocycles. The molecule has 0 bridgehead atoms. The number of ether oxygens (including phenoxy) is 3. The van der Waals surface area contributed by atoms with E-state index in [1.807, 2.05) is 4.90 Å². The van der Waals surface area contributed by atoms with E-state index in [9.17, 15) is 48.6 Å². The van der Waals surface area contributed by atoms with Gasteiger partial charge in [-0.05, 0) is 32.1 Å². The smallest absolute Gasteiger partial charge is 0.332 e. The number of hydrogen-bond acceptors (Lipinski definition) is 14. The Morgan fingerprint density at radius 2 is 0.954 bits per heavy atom. The van der Waals surface area contributed by atoms with Gasteiger partial charge in [-0.3, -0.25) is 28.8 Å². The van der Waals surface area contributed by atoms with Gasteiger partial charge in [-0.25, -0.2) is 9.59 Å². The monoisotopic (exact) mass is 1230 g/mol. The van der Waals surface area contributed by atoms with Gasteiger partial charge in [-0.2, -0.15) is 0 Å². The maximum Gasteiger partial charge on any atom is 0.332 e. The Kier molecular flexibility index (Phi) is 52.3. The van der Waals surface area contributed by atoms with Crippen LogP contribution in [0.15, 0.2) is 12.3 Å². The molecule has 2 unspecified atom stereocenters. The second-order valence-electron chi connectivity index (χ2n) is 24.2. The van der Waals surface area contributed by atoms with E-state index >= 15 is 0 Å². The molecule has 1 heterocycles. The van der Waals surface area contributed by atoms with Gasteiger partial charge in [-0.1, -0.05) is 246 Å². The standard InChI is InChI=1S/C68H124N6O13/c1-5-8-11-14-16-18-20-22-24-26-28-30-32-34-36-39-46-73(47-40-37-35-33-31-29-27-25-23-21-19-17-15-12-9-6-2)65(81)55-85-56-66(82)87-54-58(77)44-45-62(78)69-51-64(80)74-48-42-43-61(74)57(4)71-59(52-75)67(83)70-50-63(79)72-60(53-76)68(84)86-49-41-38-13-10-7-3/h59-61,71,75-76H,4-56H2,1-3H3,(H,69,78)(H,70,83)(H,72,79)/t59?,60?,61-/m0/s1. The molecule has 0 spiro atoms. The molecule has 5 amide bonds. The van der Waals surface area contributed by atoms with Crippen LogP contribution in [0.2, 0.25) is 0 Å². The van der Waals surface area contributed by atoms with Crippen molar-refractivity contribution in [2.75, 3.05) is 72.4 Å². The molecule has 19 heteroatoms. The predicted octanol–water partition coefficient (Wildman–Crippen LogP) is 10.9. The average Bonchev–Trinajstić information content (AvgIpc) is 3.44. The second kappa shape index (κ2) is 56.6. The Bertz CT molecular complexity index is 1800. The maximum absolute atomic E-state index is 13.4. The highest BCUT2D eigenvalue weighted by Crippen LogP contribution is 2.23. The van der Waals surface area contributed by atoms with Crippen molar-refractivity contribution >= 4 is 47.3 Å². The molecule has 1 aliphatic rings. The lowest BCUT2D eigenvalue weighted by Crippen LogP contribution is -2.53. The van der Waals surface area contributed by atoms with Crippen LogP contribution in [0.5, 0.6) is 0 Å². The van der Waals surface area contributed by atoms with Gasteiger partial charge in [0.15, 0.2) is 11.8 Å². The highest BCUT2D eigenvalue weighted by atomic mass is 16.6. The molecular weight excluding hydrogens is 1110 g/mol. The van der Waals surface area contributed by atoms with Gasteiger partial charge >= 0.3 is 11.9 Å². The van der Waals surface area contributed by atoms with Gasteiger partial charge in [0.05, 0.1) is 39.0 Å². The first-order chi connectivity index (χ1) is 42.3. The van der Waals surface area contributed by atoms with Gasteiger partial charge in [0.2, 0.25) is 29.5 Å². The van der Waals surface area contributed by atoms with E-state index in [1.165, 1.54) is 172 Å². The number of esters is 2. The summed E-state index contributed by atoms with van der Waals surface area (Å²) in [6.45, 7) is 8.75. The van der Waals surface area contributed by atoms with Gasteiger partial charge in [0.25, 0.3) is 0 Å². The third kappa shape index (κ3) is 44.5. The van der Waals surface area contributed by atoms with Crippen molar-refractivity contribution in [3.63, 3.8) is 0 Å². The normalized spacial score (nSPS) is 13.6. The predicted molar refractivity (Wildman–Crippen MR) is 344 cm³/mol. The lowest BCUT2D eigenvalue weighted by Gasteiger charge is -2.29. The van der Waals surface area contributed by atoms with Gasteiger partial charge < -0.3 is 55.5 Å². The molecule has 6 N–H and O–H groups in total. The number of aliphatic hydroxyl groups excluding tert-OH is 2. The number of amides is 5. The summed E-state index contributed by atoms with van der Waals surface area (Å²) in [5.41, 5.74) is 0.254. The van der Waals surface area contributed by atoms with Crippen LogP contribution in [0.3, 0.4) is 0 Å². The van der Waals surface area contributed by atoms with Crippen LogP contribution in [-0.4, -0.2) is 158 Å². The number of likely N-dealkylation sites (tertiary alicyclic amines) is 1. The summed E-state index contributed by atoms with van der Waals surface area (Å²) in [4.78, 5) is 106. The van der Waals surface area contributed by atoms with Crippen LogP contribution < -0.4 is 21.3 Å². The minimum atomic E-state index is -1.31. The van der Waals surface area contributed by atoms with E-state index in [0.717, 1.165) is 64.2 Å². The average molecular weight is 1230 g/mol. The number of unbranched alkanes of at least 4 members (excludes halogenated alkanes) is 34. The zero-order valence-electron chi connectivity index (χ0n) is 55.0. The van der Waals surface area contributed by atoms with Crippen LogP contribution in [0.1, 0.15) is 284 Å². The molecule has 1 fully saturated rings. The Morgan fingerprint density at radius 3 is 1.41 bits per heavy atom. The number of Topliss-reactive ketones (excluding diaryl/α,β-unsaturated/α-hetero) is 1. The Balaban J connectivity index is 2.46. The number of hydrogen-bond donors (Lipinski definition) is 6. The molecular formula is C68H124N6O13. The van der Waals surface area contributed by atoms with Crippen molar-refractivity contribution in [1.82, 2.24) is 31.1 Å². The van der Waals surface area contributed by atoms with Crippen LogP contribution in [0, 0.1) is 0 Å². The molecule has 87 heavy (non-hydrogen) atoms. The Morgan fingerprint density at radius 1 is 0.506 bits per heavy atom. The maximum atomic E-state index is 13.4.